The predicted molar refractivity (Wildman–Crippen MR) is 41.0 cm³/mol. The van der Waals surface area contributed by atoms with Gasteiger partial charge in [-0.05, 0) is 13.3 Å². The minimum atomic E-state index is 0.603. The molecule has 9 heavy (non-hydrogen) atoms. The molecule has 1 aliphatic heterocycles. The molecular formula is C8H15N. The summed E-state index contributed by atoms with van der Waals surface area (Å²) in [5.41, 5.74) is 1.44. The zero-order valence-electron chi connectivity index (χ0n) is 6.52. The SMILES string of the molecule is CCCC1=NC(C)C1C. The third kappa shape index (κ3) is 1.15. The molecule has 2 atom stereocenters. The van der Waals surface area contributed by atoms with Crippen molar-refractivity contribution in [3.63, 3.8) is 0 Å². The van der Waals surface area contributed by atoms with Gasteiger partial charge in [0, 0.05) is 11.6 Å². The molecule has 0 saturated carbocycles. The molecule has 0 amide bonds. The van der Waals surface area contributed by atoms with Crippen LogP contribution in [0.3, 0.4) is 0 Å². The number of rotatable bonds is 2. The van der Waals surface area contributed by atoms with Crippen LogP contribution in [-0.2, 0) is 0 Å². The van der Waals surface area contributed by atoms with Crippen molar-refractivity contribution in [2.45, 2.75) is 39.7 Å². The van der Waals surface area contributed by atoms with E-state index in [1.165, 1.54) is 18.6 Å². The van der Waals surface area contributed by atoms with Crippen LogP contribution in [0.1, 0.15) is 33.6 Å². The second-order valence-corrected chi connectivity index (χ2v) is 2.90. The fraction of sp³-hybridized carbons (Fsp3) is 0.875. The Morgan fingerprint density at radius 1 is 1.44 bits per heavy atom. The molecule has 0 aliphatic carbocycles. The van der Waals surface area contributed by atoms with Crippen molar-refractivity contribution >= 4 is 5.71 Å². The maximum absolute atomic E-state index is 4.41. The van der Waals surface area contributed by atoms with E-state index in [0.29, 0.717) is 6.04 Å². The van der Waals surface area contributed by atoms with Crippen molar-refractivity contribution in [3.05, 3.63) is 0 Å². The first-order chi connectivity index (χ1) is 4.25. The number of hydrogen-bond acceptors (Lipinski definition) is 1. The average Bonchev–Trinajstić information content (AvgIpc) is 1.88. The van der Waals surface area contributed by atoms with E-state index in [0.717, 1.165) is 5.92 Å². The molecule has 0 fully saturated rings. The molecule has 0 aromatic rings. The Bertz CT molecular complexity index is 127. The zero-order valence-corrected chi connectivity index (χ0v) is 6.52. The fourth-order valence-electron chi connectivity index (χ4n) is 1.24. The maximum Gasteiger partial charge on any atom is 0.0548 e. The predicted octanol–water partition coefficient (Wildman–Crippen LogP) is 2.27. The van der Waals surface area contributed by atoms with Gasteiger partial charge in [0.25, 0.3) is 0 Å². The minimum Gasteiger partial charge on any atom is -0.290 e. The highest BCUT2D eigenvalue weighted by Gasteiger charge is 2.24. The van der Waals surface area contributed by atoms with Crippen LogP contribution in [-0.4, -0.2) is 11.8 Å². The molecule has 2 unspecified atom stereocenters. The molecule has 0 radical (unpaired) electrons. The van der Waals surface area contributed by atoms with E-state index in [9.17, 15) is 0 Å². The first kappa shape index (κ1) is 6.79. The summed E-state index contributed by atoms with van der Waals surface area (Å²) < 4.78 is 0. The topological polar surface area (TPSA) is 12.4 Å². The lowest BCUT2D eigenvalue weighted by Crippen LogP contribution is -2.32. The third-order valence-electron chi connectivity index (χ3n) is 2.12. The Balaban J connectivity index is 2.37. The summed E-state index contributed by atoms with van der Waals surface area (Å²) in [6.07, 6.45) is 2.46. The van der Waals surface area contributed by atoms with E-state index < -0.39 is 0 Å². The number of hydrogen-bond donors (Lipinski definition) is 0. The van der Waals surface area contributed by atoms with E-state index in [-0.39, 0.29) is 0 Å². The number of nitrogens with zero attached hydrogens (tertiary/aromatic N) is 1. The Morgan fingerprint density at radius 2 is 2.11 bits per heavy atom. The highest BCUT2D eigenvalue weighted by atomic mass is 14.9. The van der Waals surface area contributed by atoms with Crippen LogP contribution in [0.2, 0.25) is 0 Å². The molecule has 0 N–H and O–H groups in total. The van der Waals surface area contributed by atoms with Gasteiger partial charge < -0.3 is 0 Å². The molecule has 1 rings (SSSR count). The third-order valence-corrected chi connectivity index (χ3v) is 2.12. The van der Waals surface area contributed by atoms with Crippen molar-refractivity contribution in [2.24, 2.45) is 10.9 Å². The summed E-state index contributed by atoms with van der Waals surface area (Å²) in [5, 5.41) is 0. The summed E-state index contributed by atoms with van der Waals surface area (Å²) in [4.78, 5) is 4.41. The van der Waals surface area contributed by atoms with Gasteiger partial charge in [-0.1, -0.05) is 20.3 Å². The van der Waals surface area contributed by atoms with Crippen molar-refractivity contribution in [1.29, 1.82) is 0 Å². The largest absolute Gasteiger partial charge is 0.290 e. The van der Waals surface area contributed by atoms with Crippen LogP contribution in [0.25, 0.3) is 0 Å². The lowest BCUT2D eigenvalue weighted by Gasteiger charge is -2.29. The van der Waals surface area contributed by atoms with Crippen molar-refractivity contribution in [2.75, 3.05) is 0 Å². The molecule has 1 heterocycles. The van der Waals surface area contributed by atoms with E-state index in [4.69, 9.17) is 0 Å². The van der Waals surface area contributed by atoms with Crippen LogP contribution >= 0.6 is 0 Å². The Kier molecular flexibility index (Phi) is 1.89. The Morgan fingerprint density at radius 3 is 2.44 bits per heavy atom. The van der Waals surface area contributed by atoms with Crippen molar-refractivity contribution < 1.29 is 0 Å². The highest BCUT2D eigenvalue weighted by molar-refractivity contribution is 5.91. The molecule has 1 nitrogen and oxygen atoms in total. The average molecular weight is 125 g/mol. The lowest BCUT2D eigenvalue weighted by atomic mass is 9.89. The van der Waals surface area contributed by atoms with Gasteiger partial charge >= 0.3 is 0 Å². The molecule has 0 bridgehead atoms. The summed E-state index contributed by atoms with van der Waals surface area (Å²) in [6.45, 7) is 6.66. The minimum absolute atomic E-state index is 0.603. The van der Waals surface area contributed by atoms with Gasteiger partial charge in [0.1, 0.15) is 0 Å². The van der Waals surface area contributed by atoms with Gasteiger partial charge in [-0.2, -0.15) is 0 Å². The molecular weight excluding hydrogens is 110 g/mol. The van der Waals surface area contributed by atoms with E-state index in [1.807, 2.05) is 0 Å². The van der Waals surface area contributed by atoms with Crippen LogP contribution < -0.4 is 0 Å². The molecule has 1 aliphatic rings. The molecule has 52 valence electrons. The Hall–Kier alpha value is -0.330. The maximum atomic E-state index is 4.41. The first-order valence-corrected chi connectivity index (χ1v) is 3.82. The Labute approximate surface area is 57.2 Å². The standard InChI is InChI=1S/C8H15N/c1-4-5-8-6(2)7(3)9-8/h6-7H,4-5H2,1-3H3. The van der Waals surface area contributed by atoms with Crippen LogP contribution in [0, 0.1) is 5.92 Å². The quantitative estimate of drug-likeness (QED) is 0.537. The van der Waals surface area contributed by atoms with Gasteiger partial charge in [0.05, 0.1) is 6.04 Å². The first-order valence-electron chi connectivity index (χ1n) is 3.82. The van der Waals surface area contributed by atoms with Gasteiger partial charge in [0.15, 0.2) is 0 Å². The van der Waals surface area contributed by atoms with Crippen LogP contribution in [0.15, 0.2) is 4.99 Å². The van der Waals surface area contributed by atoms with Gasteiger partial charge in [-0.25, -0.2) is 0 Å². The summed E-state index contributed by atoms with van der Waals surface area (Å²) in [6, 6.07) is 0.603. The smallest absolute Gasteiger partial charge is 0.0548 e. The molecule has 0 aromatic heterocycles. The van der Waals surface area contributed by atoms with Crippen LogP contribution in [0.4, 0.5) is 0 Å². The molecule has 0 spiro atoms. The summed E-state index contributed by atoms with van der Waals surface area (Å²) in [5.74, 6) is 0.768. The lowest BCUT2D eigenvalue weighted by molar-refractivity contribution is 0.536. The van der Waals surface area contributed by atoms with Crippen molar-refractivity contribution in [3.8, 4) is 0 Å². The number of aliphatic imine (C=N–C) groups is 1. The van der Waals surface area contributed by atoms with Gasteiger partial charge in [-0.15, -0.1) is 0 Å². The van der Waals surface area contributed by atoms with E-state index >= 15 is 0 Å². The van der Waals surface area contributed by atoms with E-state index in [1.54, 1.807) is 0 Å². The molecule has 0 saturated heterocycles. The highest BCUT2D eigenvalue weighted by Crippen LogP contribution is 2.22. The van der Waals surface area contributed by atoms with Gasteiger partial charge in [-0.3, -0.25) is 4.99 Å². The normalized spacial score (nSPS) is 33.4. The van der Waals surface area contributed by atoms with Crippen LogP contribution in [0.5, 0.6) is 0 Å². The molecule has 1 heteroatoms. The van der Waals surface area contributed by atoms with Gasteiger partial charge in [0.2, 0.25) is 0 Å². The summed E-state index contributed by atoms with van der Waals surface area (Å²) >= 11 is 0. The molecule has 0 aromatic carbocycles. The van der Waals surface area contributed by atoms with Crippen molar-refractivity contribution in [1.82, 2.24) is 0 Å². The second-order valence-electron chi connectivity index (χ2n) is 2.90. The second kappa shape index (κ2) is 2.51. The zero-order chi connectivity index (χ0) is 6.85. The van der Waals surface area contributed by atoms with E-state index in [2.05, 4.69) is 25.8 Å². The summed E-state index contributed by atoms with van der Waals surface area (Å²) in [7, 11) is 0. The monoisotopic (exact) mass is 125 g/mol. The fourth-order valence-corrected chi connectivity index (χ4v) is 1.24.